The Kier molecular flexibility index (Phi) is 6.19. The lowest BCUT2D eigenvalue weighted by Crippen LogP contribution is -2.33. The molecule has 0 amide bonds. The van der Waals surface area contributed by atoms with Crippen LogP contribution in [-0.4, -0.2) is 47.6 Å². The van der Waals surface area contributed by atoms with Crippen LogP contribution in [0.25, 0.3) is 0 Å². The molecule has 4 heteroatoms. The highest BCUT2D eigenvalue weighted by molar-refractivity contribution is 5.25. The van der Waals surface area contributed by atoms with Crippen molar-refractivity contribution in [1.82, 2.24) is 9.80 Å². The molecule has 0 spiro atoms. The van der Waals surface area contributed by atoms with Crippen molar-refractivity contribution in [3.63, 3.8) is 0 Å². The molecule has 1 heterocycles. The second-order valence-electron chi connectivity index (χ2n) is 6.89. The third kappa shape index (κ3) is 4.88. The van der Waals surface area contributed by atoms with E-state index in [2.05, 4.69) is 41.0 Å². The fraction of sp³-hybridized carbons (Fsp3) is 0.429. The van der Waals surface area contributed by atoms with Crippen LogP contribution in [0.5, 0.6) is 0 Å². The number of β-amino-alcohol motifs (C(OH)–C–C–N with tert-alkyl or cyclic N) is 1. The molecule has 0 unspecified atom stereocenters. The number of aryl methyl sites for hydroxylation is 1. The number of rotatable bonds is 5. The quantitative estimate of drug-likeness (QED) is 0.902. The van der Waals surface area contributed by atoms with Gasteiger partial charge < -0.3 is 5.11 Å². The van der Waals surface area contributed by atoms with E-state index in [4.69, 9.17) is 0 Å². The second kappa shape index (κ2) is 8.56. The van der Waals surface area contributed by atoms with Gasteiger partial charge in [0.15, 0.2) is 0 Å². The maximum Gasteiger partial charge on any atom is 0.129 e. The van der Waals surface area contributed by atoms with Crippen LogP contribution in [0.2, 0.25) is 0 Å². The van der Waals surface area contributed by atoms with E-state index in [-0.39, 0.29) is 5.82 Å². The summed E-state index contributed by atoms with van der Waals surface area (Å²) in [7, 11) is 0. The number of hydrogen-bond acceptors (Lipinski definition) is 3. The minimum absolute atomic E-state index is 0.328. The summed E-state index contributed by atoms with van der Waals surface area (Å²) in [6.07, 6.45) is 0.291. The van der Waals surface area contributed by atoms with Crippen LogP contribution < -0.4 is 0 Å². The number of aliphatic hydroxyl groups is 1. The van der Waals surface area contributed by atoms with Crippen molar-refractivity contribution in [1.29, 1.82) is 0 Å². The minimum Gasteiger partial charge on any atom is -0.387 e. The third-order valence-electron chi connectivity index (χ3n) is 5.03. The lowest BCUT2D eigenvalue weighted by molar-refractivity contribution is 0.111. The van der Waals surface area contributed by atoms with Crippen molar-refractivity contribution in [3.05, 3.63) is 71.0 Å². The Bertz CT molecular complexity index is 691. The summed E-state index contributed by atoms with van der Waals surface area (Å²) < 4.78 is 13.8. The van der Waals surface area contributed by atoms with Gasteiger partial charge in [0.05, 0.1) is 6.10 Å². The average molecular weight is 342 g/mol. The normalized spacial score (nSPS) is 18.0. The fourth-order valence-electron chi connectivity index (χ4n) is 3.48. The molecule has 25 heavy (non-hydrogen) atoms. The van der Waals surface area contributed by atoms with Crippen molar-refractivity contribution in [2.45, 2.75) is 26.0 Å². The van der Waals surface area contributed by atoms with Crippen molar-refractivity contribution in [2.24, 2.45) is 0 Å². The predicted molar refractivity (Wildman–Crippen MR) is 98.9 cm³/mol. The summed E-state index contributed by atoms with van der Waals surface area (Å²) in [5.41, 5.74) is 3.10. The number of halogens is 1. The molecule has 3 rings (SSSR count). The van der Waals surface area contributed by atoms with Gasteiger partial charge in [0, 0.05) is 31.7 Å². The summed E-state index contributed by atoms with van der Waals surface area (Å²) in [4.78, 5) is 4.72. The van der Waals surface area contributed by atoms with E-state index in [1.54, 1.807) is 18.2 Å². The summed E-state index contributed by atoms with van der Waals surface area (Å²) in [6, 6.07) is 15.0. The highest BCUT2D eigenvalue weighted by Gasteiger charge is 2.20. The van der Waals surface area contributed by atoms with Crippen LogP contribution in [-0.2, 0) is 6.54 Å². The molecule has 0 aromatic heterocycles. The smallest absolute Gasteiger partial charge is 0.129 e. The lowest BCUT2D eigenvalue weighted by Gasteiger charge is -2.24. The van der Waals surface area contributed by atoms with Gasteiger partial charge in [0.1, 0.15) is 5.82 Å². The third-order valence-corrected chi connectivity index (χ3v) is 5.03. The molecule has 1 atom stereocenters. The zero-order valence-corrected chi connectivity index (χ0v) is 14.9. The highest BCUT2D eigenvalue weighted by Crippen LogP contribution is 2.19. The summed E-state index contributed by atoms with van der Waals surface area (Å²) in [6.45, 7) is 7.48. The number of aliphatic hydroxyl groups excluding tert-OH is 1. The van der Waals surface area contributed by atoms with Gasteiger partial charge in [0.25, 0.3) is 0 Å². The van der Waals surface area contributed by atoms with E-state index in [9.17, 15) is 9.50 Å². The van der Waals surface area contributed by atoms with Crippen molar-refractivity contribution in [2.75, 3.05) is 32.7 Å². The largest absolute Gasteiger partial charge is 0.387 e. The summed E-state index contributed by atoms with van der Waals surface area (Å²) in [5.74, 6) is -0.328. The topological polar surface area (TPSA) is 26.7 Å². The summed E-state index contributed by atoms with van der Waals surface area (Å²) in [5, 5.41) is 10.4. The SMILES string of the molecule is Cc1ccccc1CN1CCCN(C[C@@H](O)c2ccccc2F)CC1. The van der Waals surface area contributed by atoms with Gasteiger partial charge in [-0.25, -0.2) is 4.39 Å². The molecule has 1 fully saturated rings. The van der Waals surface area contributed by atoms with Crippen LogP contribution in [0.3, 0.4) is 0 Å². The van der Waals surface area contributed by atoms with Gasteiger partial charge in [-0.15, -0.1) is 0 Å². The van der Waals surface area contributed by atoms with Crippen LogP contribution in [0, 0.1) is 12.7 Å². The minimum atomic E-state index is -0.774. The van der Waals surface area contributed by atoms with E-state index in [0.717, 1.165) is 39.1 Å². The molecule has 3 nitrogen and oxygen atoms in total. The molecule has 1 aliphatic rings. The van der Waals surface area contributed by atoms with Crippen molar-refractivity contribution >= 4 is 0 Å². The van der Waals surface area contributed by atoms with E-state index >= 15 is 0 Å². The van der Waals surface area contributed by atoms with Gasteiger partial charge in [-0.3, -0.25) is 9.80 Å². The Morgan fingerprint density at radius 2 is 1.64 bits per heavy atom. The Morgan fingerprint density at radius 1 is 0.960 bits per heavy atom. The first-order chi connectivity index (χ1) is 12.1. The standard InChI is InChI=1S/C21H27FN2O/c1-17-7-2-3-8-18(17)15-23-11-6-12-24(14-13-23)16-21(25)19-9-4-5-10-20(19)22/h2-5,7-10,21,25H,6,11-16H2,1H3/t21-/m1/s1. The molecule has 1 N–H and O–H groups in total. The van der Waals surface area contributed by atoms with Gasteiger partial charge >= 0.3 is 0 Å². The highest BCUT2D eigenvalue weighted by atomic mass is 19.1. The van der Waals surface area contributed by atoms with Crippen molar-refractivity contribution < 1.29 is 9.50 Å². The molecule has 1 aliphatic heterocycles. The first-order valence-electron chi connectivity index (χ1n) is 9.05. The molecule has 2 aromatic rings. The maximum absolute atomic E-state index is 13.8. The van der Waals surface area contributed by atoms with E-state index < -0.39 is 6.10 Å². The zero-order valence-electron chi connectivity index (χ0n) is 14.9. The second-order valence-corrected chi connectivity index (χ2v) is 6.89. The Hall–Kier alpha value is -1.75. The Morgan fingerprint density at radius 3 is 2.44 bits per heavy atom. The molecule has 0 radical (unpaired) electrons. The molecule has 1 saturated heterocycles. The first-order valence-corrected chi connectivity index (χ1v) is 9.05. The molecule has 2 aromatic carbocycles. The molecular weight excluding hydrogens is 315 g/mol. The van der Waals surface area contributed by atoms with Crippen LogP contribution in [0.1, 0.15) is 29.2 Å². The first kappa shape index (κ1) is 18.1. The predicted octanol–water partition coefficient (Wildman–Crippen LogP) is 3.38. The van der Waals surface area contributed by atoms with Gasteiger partial charge in [-0.2, -0.15) is 0 Å². The zero-order chi connectivity index (χ0) is 17.6. The fourth-order valence-corrected chi connectivity index (χ4v) is 3.48. The van der Waals surface area contributed by atoms with E-state index in [1.165, 1.54) is 17.2 Å². The van der Waals surface area contributed by atoms with Crippen LogP contribution >= 0.6 is 0 Å². The number of benzene rings is 2. The van der Waals surface area contributed by atoms with Gasteiger partial charge in [-0.05, 0) is 43.6 Å². The van der Waals surface area contributed by atoms with Gasteiger partial charge in [0.2, 0.25) is 0 Å². The maximum atomic E-state index is 13.8. The van der Waals surface area contributed by atoms with E-state index in [1.807, 2.05) is 0 Å². The van der Waals surface area contributed by atoms with Crippen LogP contribution in [0.4, 0.5) is 4.39 Å². The van der Waals surface area contributed by atoms with Crippen molar-refractivity contribution in [3.8, 4) is 0 Å². The van der Waals surface area contributed by atoms with Gasteiger partial charge in [-0.1, -0.05) is 42.5 Å². The molecule has 0 aliphatic carbocycles. The van der Waals surface area contributed by atoms with Crippen LogP contribution in [0.15, 0.2) is 48.5 Å². The molecule has 0 bridgehead atoms. The summed E-state index contributed by atoms with van der Waals surface area (Å²) >= 11 is 0. The molecular formula is C21H27FN2O. The monoisotopic (exact) mass is 342 g/mol. The average Bonchev–Trinajstić information content (AvgIpc) is 2.82. The number of nitrogens with zero attached hydrogens (tertiary/aromatic N) is 2. The Balaban J connectivity index is 1.55. The molecule has 0 saturated carbocycles. The number of hydrogen-bond donors (Lipinski definition) is 1. The molecule has 134 valence electrons. The Labute approximate surface area is 149 Å². The van der Waals surface area contributed by atoms with E-state index in [0.29, 0.717) is 12.1 Å². The lowest BCUT2D eigenvalue weighted by atomic mass is 10.1.